The van der Waals surface area contributed by atoms with Gasteiger partial charge in [-0.2, -0.15) is 21.9 Å². The van der Waals surface area contributed by atoms with Gasteiger partial charge >= 0.3 is 0 Å². The van der Waals surface area contributed by atoms with Crippen LogP contribution in [0.25, 0.3) is 10.8 Å². The first-order chi connectivity index (χ1) is 17.7. The number of nitrogens with zero attached hydrogens (tertiary/aromatic N) is 2. The lowest BCUT2D eigenvalue weighted by Crippen LogP contribution is -2.14. The maximum absolute atomic E-state index is 13.0. The van der Waals surface area contributed by atoms with E-state index in [1.165, 1.54) is 48.5 Å². The number of nitrogens with two attached hydrogens (primary N) is 1. The number of anilines is 2. The molecule has 0 aliphatic rings. The van der Waals surface area contributed by atoms with Crippen LogP contribution in [-0.2, 0) is 30.3 Å². The summed E-state index contributed by atoms with van der Waals surface area (Å²) in [6, 6.07) is 15.0. The third-order valence-corrected chi connectivity index (χ3v) is 8.24. The average molecular weight is 579 g/mol. The first-order valence-corrected chi connectivity index (χ1v) is 14.7. The zero-order valence-corrected chi connectivity index (χ0v) is 21.4. The third-order valence-electron chi connectivity index (χ3n) is 5.16. The molecule has 0 amide bonds. The molecule has 0 atom stereocenters. The SMILES string of the molecule is Nc1ccc(/N=N/c2c(S(=O)(=O)O)cc3cc(S(=O)(=O)O)cc(NS(=O)(=O)c4ccccc4)c3c2O)cc1. The molecule has 4 rings (SSSR count). The van der Waals surface area contributed by atoms with E-state index in [0.717, 1.165) is 18.2 Å². The Hall–Kier alpha value is -4.09. The van der Waals surface area contributed by atoms with Crippen molar-refractivity contribution in [1.82, 2.24) is 0 Å². The highest BCUT2D eigenvalue weighted by molar-refractivity contribution is 7.92. The van der Waals surface area contributed by atoms with Gasteiger partial charge in [0.2, 0.25) is 0 Å². The van der Waals surface area contributed by atoms with Gasteiger partial charge in [-0.15, -0.1) is 5.11 Å². The van der Waals surface area contributed by atoms with Crippen LogP contribution in [0.3, 0.4) is 0 Å². The van der Waals surface area contributed by atoms with Crippen LogP contribution in [0.4, 0.5) is 22.7 Å². The molecule has 0 aliphatic heterocycles. The summed E-state index contributed by atoms with van der Waals surface area (Å²) in [4.78, 5) is -2.01. The van der Waals surface area contributed by atoms with Crippen molar-refractivity contribution in [3.05, 3.63) is 72.8 Å². The van der Waals surface area contributed by atoms with Gasteiger partial charge in [-0.05, 0) is 60.0 Å². The number of nitrogens with one attached hydrogen (secondary N) is 1. The molecule has 0 saturated carbocycles. The Morgan fingerprint density at radius 1 is 0.737 bits per heavy atom. The number of phenolic OH excluding ortho intramolecular Hbond substituents is 1. The smallest absolute Gasteiger partial charge is 0.296 e. The molecule has 38 heavy (non-hydrogen) atoms. The molecule has 198 valence electrons. The third kappa shape index (κ3) is 5.58. The van der Waals surface area contributed by atoms with Gasteiger partial charge in [-0.3, -0.25) is 13.8 Å². The number of sulfonamides is 1. The first kappa shape index (κ1) is 27.0. The fraction of sp³-hybridized carbons (Fsp3) is 0. The number of benzene rings is 4. The van der Waals surface area contributed by atoms with Crippen molar-refractivity contribution in [1.29, 1.82) is 0 Å². The summed E-state index contributed by atoms with van der Waals surface area (Å²) in [6.07, 6.45) is 0. The zero-order chi connectivity index (χ0) is 27.9. The van der Waals surface area contributed by atoms with Gasteiger partial charge in [0.1, 0.15) is 10.6 Å². The maximum atomic E-state index is 13.0. The Labute approximate surface area is 216 Å². The summed E-state index contributed by atoms with van der Waals surface area (Å²) in [5.74, 6) is -0.957. The molecule has 0 spiro atoms. The second-order valence-electron chi connectivity index (χ2n) is 7.80. The fourth-order valence-electron chi connectivity index (χ4n) is 3.43. The molecule has 4 aromatic rings. The van der Waals surface area contributed by atoms with E-state index in [2.05, 4.69) is 15.0 Å². The molecule has 4 aromatic carbocycles. The maximum Gasteiger partial charge on any atom is 0.296 e. The van der Waals surface area contributed by atoms with Crippen molar-refractivity contribution in [3.8, 4) is 5.75 Å². The van der Waals surface area contributed by atoms with Crippen LogP contribution >= 0.6 is 0 Å². The molecule has 0 aliphatic carbocycles. The Morgan fingerprint density at radius 3 is 1.95 bits per heavy atom. The molecule has 0 radical (unpaired) electrons. The second kappa shape index (κ2) is 9.66. The quantitative estimate of drug-likeness (QED) is 0.121. The van der Waals surface area contributed by atoms with Crippen LogP contribution in [0.5, 0.6) is 5.75 Å². The van der Waals surface area contributed by atoms with E-state index in [0.29, 0.717) is 5.69 Å². The molecular formula is C22H18N4O9S3. The minimum absolute atomic E-state index is 0.187. The number of aromatic hydroxyl groups is 1. The first-order valence-electron chi connectivity index (χ1n) is 10.3. The molecule has 16 heteroatoms. The Kier molecular flexibility index (Phi) is 6.85. The number of fused-ring (bicyclic) bond motifs is 1. The Balaban J connectivity index is 2.03. The number of nitrogen functional groups attached to an aromatic ring is 1. The predicted molar refractivity (Wildman–Crippen MR) is 138 cm³/mol. The summed E-state index contributed by atoms with van der Waals surface area (Å²) in [5.41, 5.74) is 4.90. The largest absolute Gasteiger partial charge is 0.505 e. The lowest BCUT2D eigenvalue weighted by Gasteiger charge is -2.15. The van der Waals surface area contributed by atoms with Crippen molar-refractivity contribution in [2.75, 3.05) is 10.5 Å². The molecule has 0 fully saturated rings. The van der Waals surface area contributed by atoms with Gasteiger partial charge in [0.05, 0.1) is 26.6 Å². The topological polar surface area (TPSA) is 226 Å². The van der Waals surface area contributed by atoms with Gasteiger partial charge < -0.3 is 10.8 Å². The lowest BCUT2D eigenvalue weighted by molar-refractivity contribution is 0.472. The molecule has 0 bridgehead atoms. The van der Waals surface area contributed by atoms with Crippen molar-refractivity contribution >= 4 is 63.8 Å². The number of azo groups is 1. The van der Waals surface area contributed by atoms with Gasteiger partial charge in [0, 0.05) is 5.69 Å². The molecule has 0 saturated heterocycles. The number of hydrogen-bond donors (Lipinski definition) is 5. The number of hydrogen-bond acceptors (Lipinski definition) is 10. The van der Waals surface area contributed by atoms with Crippen LogP contribution in [0, 0.1) is 0 Å². The Morgan fingerprint density at radius 2 is 1.37 bits per heavy atom. The summed E-state index contributed by atoms with van der Waals surface area (Å²) in [7, 11) is -14.4. The lowest BCUT2D eigenvalue weighted by atomic mass is 10.1. The zero-order valence-electron chi connectivity index (χ0n) is 18.9. The van der Waals surface area contributed by atoms with E-state index >= 15 is 0 Å². The van der Waals surface area contributed by atoms with E-state index in [1.807, 2.05) is 0 Å². The summed E-state index contributed by atoms with van der Waals surface area (Å²) in [6.45, 7) is 0. The van der Waals surface area contributed by atoms with Crippen molar-refractivity contribution < 1.29 is 39.5 Å². The molecular weight excluding hydrogens is 560 g/mol. The highest BCUT2D eigenvalue weighted by atomic mass is 32.2. The molecule has 0 aromatic heterocycles. The van der Waals surface area contributed by atoms with E-state index in [4.69, 9.17) is 5.73 Å². The van der Waals surface area contributed by atoms with Gasteiger partial charge in [0.15, 0.2) is 5.75 Å². The minimum Gasteiger partial charge on any atom is -0.505 e. The van der Waals surface area contributed by atoms with Crippen LogP contribution in [0.15, 0.2) is 97.7 Å². The standard InChI is InChI=1S/C22H18N4O9S3/c23-14-6-8-15(9-7-14)24-25-21-19(38(33,34)35)11-13-10-17(37(30,31)32)12-18(20(13)22(21)27)26-36(28,29)16-4-2-1-3-5-16/h1-12,26-27H,23H2,(H,30,31,32)(H,33,34,35)/b25-24+. The number of rotatable bonds is 7. The van der Waals surface area contributed by atoms with Gasteiger partial charge in [0.25, 0.3) is 30.3 Å². The van der Waals surface area contributed by atoms with Gasteiger partial charge in [-0.1, -0.05) is 18.2 Å². The second-order valence-corrected chi connectivity index (χ2v) is 12.3. The summed E-state index contributed by atoms with van der Waals surface area (Å²) >= 11 is 0. The van der Waals surface area contributed by atoms with E-state index in [9.17, 15) is 39.5 Å². The Bertz CT molecular complexity index is 1910. The number of phenols is 1. The predicted octanol–water partition coefficient (Wildman–Crippen LogP) is 3.84. The van der Waals surface area contributed by atoms with E-state index in [1.54, 1.807) is 6.07 Å². The van der Waals surface area contributed by atoms with Gasteiger partial charge in [-0.25, -0.2) is 8.42 Å². The highest BCUT2D eigenvalue weighted by Gasteiger charge is 2.27. The molecule has 0 unspecified atom stereocenters. The monoisotopic (exact) mass is 578 g/mol. The van der Waals surface area contributed by atoms with Crippen molar-refractivity contribution in [2.24, 2.45) is 10.2 Å². The van der Waals surface area contributed by atoms with E-state index < -0.39 is 62.6 Å². The van der Waals surface area contributed by atoms with Crippen LogP contribution < -0.4 is 10.5 Å². The molecule has 0 heterocycles. The molecule has 13 nitrogen and oxygen atoms in total. The average Bonchev–Trinajstić information content (AvgIpc) is 2.83. The van der Waals surface area contributed by atoms with Crippen LogP contribution in [0.2, 0.25) is 0 Å². The normalized spacial score (nSPS) is 12.7. The molecule has 6 N–H and O–H groups in total. The van der Waals surface area contributed by atoms with E-state index in [-0.39, 0.29) is 16.0 Å². The van der Waals surface area contributed by atoms with Crippen LogP contribution in [0.1, 0.15) is 0 Å². The van der Waals surface area contributed by atoms with Crippen molar-refractivity contribution in [2.45, 2.75) is 14.7 Å². The minimum atomic E-state index is -5.08. The fourth-order valence-corrected chi connectivity index (χ4v) is 5.72. The summed E-state index contributed by atoms with van der Waals surface area (Å²) < 4.78 is 95.5. The highest BCUT2D eigenvalue weighted by Crippen LogP contribution is 2.45. The summed E-state index contributed by atoms with van der Waals surface area (Å²) in [5, 5.41) is 17.9. The van der Waals surface area contributed by atoms with Crippen LogP contribution in [-0.4, -0.2) is 39.5 Å². The van der Waals surface area contributed by atoms with Crippen molar-refractivity contribution in [3.63, 3.8) is 0 Å².